The van der Waals surface area contributed by atoms with Gasteiger partial charge in [-0.1, -0.05) is 24.3 Å². The van der Waals surface area contributed by atoms with E-state index in [2.05, 4.69) is 0 Å². The smallest absolute Gasteiger partial charge is 0.152 e. The number of phenols is 6. The summed E-state index contributed by atoms with van der Waals surface area (Å²) in [4.78, 5) is 0. The topological polar surface area (TPSA) is 201 Å². The molecule has 6 rings (SSSR count). The maximum atomic E-state index is 11.7. The van der Waals surface area contributed by atoms with E-state index in [9.17, 15) is 46.0 Å². The van der Waals surface area contributed by atoms with Gasteiger partial charge >= 0.3 is 0 Å². The Kier molecular flexibility index (Phi) is 6.22. The van der Waals surface area contributed by atoms with Crippen LogP contribution in [0.4, 0.5) is 0 Å². The Hall–Kier alpha value is -4.84. The molecule has 4 aromatic carbocycles. The van der Waals surface area contributed by atoms with Gasteiger partial charge in [0, 0.05) is 29.3 Å². The maximum absolute atomic E-state index is 11.7. The lowest BCUT2D eigenvalue weighted by molar-refractivity contribution is -0.0722. The number of ether oxygens (including phenoxy) is 2. The van der Waals surface area contributed by atoms with Crippen LogP contribution in [0.3, 0.4) is 0 Å². The number of aliphatic hydroxyl groups excluding tert-OH is 3. The molecule has 0 amide bonds. The van der Waals surface area contributed by atoms with Crippen molar-refractivity contribution in [2.75, 3.05) is 0 Å². The summed E-state index contributed by atoms with van der Waals surface area (Å²) in [6.45, 7) is 0. The fourth-order valence-electron chi connectivity index (χ4n) is 5.64. The number of aromatic hydroxyl groups is 6. The van der Waals surface area contributed by atoms with E-state index in [1.165, 1.54) is 54.6 Å². The molecule has 2 aliphatic heterocycles. The number of hydrogen-bond donors (Lipinski definition) is 9. The monoisotopic (exact) mass is 562 g/mol. The molecule has 0 aliphatic carbocycles. The Balaban J connectivity index is 1.57. The van der Waals surface area contributed by atoms with Crippen LogP contribution in [0.5, 0.6) is 46.0 Å². The van der Waals surface area contributed by atoms with E-state index in [1.54, 1.807) is 0 Å². The molecule has 2 aliphatic rings. The van der Waals surface area contributed by atoms with Crippen LogP contribution in [0, 0.1) is 0 Å². The summed E-state index contributed by atoms with van der Waals surface area (Å²) >= 11 is 0. The van der Waals surface area contributed by atoms with E-state index in [1.807, 2.05) is 0 Å². The van der Waals surface area contributed by atoms with Crippen molar-refractivity contribution in [3.05, 3.63) is 94.5 Å². The van der Waals surface area contributed by atoms with Crippen molar-refractivity contribution in [2.24, 2.45) is 0 Å². The highest BCUT2D eigenvalue weighted by molar-refractivity contribution is 5.66. The highest BCUT2D eigenvalue weighted by atomic mass is 16.5. The van der Waals surface area contributed by atoms with Crippen LogP contribution in [0.1, 0.15) is 52.0 Å². The van der Waals surface area contributed by atoms with Gasteiger partial charge in [0.15, 0.2) is 12.2 Å². The van der Waals surface area contributed by atoms with Crippen LogP contribution in [0.15, 0.2) is 66.7 Å². The second-order valence-electron chi connectivity index (χ2n) is 10.1. The standard InChI is InChI=1S/C30H26O11/c31-14-5-1-12(2-6-14)28-26(38)24(21-17(34)9-16(33)10-20(21)40-28)22-18(35)11-19(36)23-25(37)27(39)29(41-30(22)23)13-3-7-15(32)8-4-13/h1-11,24-29,31-39H. The first kappa shape index (κ1) is 26.4. The zero-order chi connectivity index (χ0) is 29.2. The molecule has 41 heavy (non-hydrogen) atoms. The van der Waals surface area contributed by atoms with Gasteiger partial charge in [0.05, 0.1) is 11.5 Å². The van der Waals surface area contributed by atoms with Gasteiger partial charge in [-0.3, -0.25) is 0 Å². The fourth-order valence-corrected chi connectivity index (χ4v) is 5.64. The minimum atomic E-state index is -1.70. The van der Waals surface area contributed by atoms with E-state index < -0.39 is 53.7 Å². The molecule has 9 N–H and O–H groups in total. The summed E-state index contributed by atoms with van der Waals surface area (Å²) in [6.07, 6.45) is -7.16. The van der Waals surface area contributed by atoms with Gasteiger partial charge in [-0.25, -0.2) is 0 Å². The number of phenolic OH excluding ortho intramolecular Hbond substituents is 6. The Labute approximate surface area is 232 Å². The van der Waals surface area contributed by atoms with E-state index in [-0.39, 0.29) is 45.4 Å². The zero-order valence-corrected chi connectivity index (χ0v) is 21.2. The van der Waals surface area contributed by atoms with Gasteiger partial charge < -0.3 is 55.4 Å². The number of rotatable bonds is 3. The van der Waals surface area contributed by atoms with Crippen molar-refractivity contribution in [3.63, 3.8) is 0 Å². The SMILES string of the molecule is Oc1ccc(C2Oc3c(c(O)cc(O)c3C3c4c(O)cc(O)cc4OC(c4ccc(O)cc4)C3O)C(O)C2O)cc1. The lowest BCUT2D eigenvalue weighted by atomic mass is 9.77. The second kappa shape index (κ2) is 9.66. The molecule has 0 fully saturated rings. The molecule has 2 heterocycles. The summed E-state index contributed by atoms with van der Waals surface area (Å²) in [5.74, 6) is -3.59. The molecule has 0 bridgehead atoms. The first-order valence-corrected chi connectivity index (χ1v) is 12.6. The Morgan fingerprint density at radius 1 is 0.488 bits per heavy atom. The summed E-state index contributed by atoms with van der Waals surface area (Å²) in [7, 11) is 0. The lowest BCUT2D eigenvalue weighted by Crippen LogP contribution is -2.38. The van der Waals surface area contributed by atoms with Crippen LogP contribution >= 0.6 is 0 Å². The first-order valence-electron chi connectivity index (χ1n) is 12.6. The van der Waals surface area contributed by atoms with Crippen molar-refractivity contribution < 1.29 is 55.4 Å². The van der Waals surface area contributed by atoms with Gasteiger partial charge in [0.2, 0.25) is 0 Å². The Morgan fingerprint density at radius 2 is 1.00 bits per heavy atom. The third-order valence-electron chi connectivity index (χ3n) is 7.56. The van der Waals surface area contributed by atoms with E-state index in [0.29, 0.717) is 11.1 Å². The molecule has 0 saturated heterocycles. The summed E-state index contributed by atoms with van der Waals surface area (Å²) < 4.78 is 12.1. The second-order valence-corrected chi connectivity index (χ2v) is 10.1. The number of hydrogen-bond acceptors (Lipinski definition) is 11. The minimum absolute atomic E-state index is 0.0149. The highest BCUT2D eigenvalue weighted by Crippen LogP contribution is 2.58. The van der Waals surface area contributed by atoms with Crippen molar-refractivity contribution in [1.82, 2.24) is 0 Å². The largest absolute Gasteiger partial charge is 0.508 e. The van der Waals surface area contributed by atoms with Crippen LogP contribution in [-0.2, 0) is 0 Å². The summed E-state index contributed by atoms with van der Waals surface area (Å²) in [5, 5.41) is 96.2. The molecule has 11 heteroatoms. The third kappa shape index (κ3) is 4.27. The molecule has 212 valence electrons. The van der Waals surface area contributed by atoms with Crippen molar-refractivity contribution in [3.8, 4) is 46.0 Å². The average molecular weight is 563 g/mol. The van der Waals surface area contributed by atoms with Crippen molar-refractivity contribution >= 4 is 0 Å². The van der Waals surface area contributed by atoms with Crippen molar-refractivity contribution in [1.29, 1.82) is 0 Å². The van der Waals surface area contributed by atoms with Gasteiger partial charge in [0.25, 0.3) is 0 Å². The van der Waals surface area contributed by atoms with Gasteiger partial charge in [0.1, 0.15) is 64.3 Å². The molecule has 6 unspecified atom stereocenters. The Bertz CT molecular complexity index is 1620. The van der Waals surface area contributed by atoms with Gasteiger partial charge in [-0.2, -0.15) is 0 Å². The maximum Gasteiger partial charge on any atom is 0.152 e. The van der Waals surface area contributed by atoms with Crippen LogP contribution in [0.25, 0.3) is 0 Å². The zero-order valence-electron chi connectivity index (χ0n) is 21.2. The third-order valence-corrected chi connectivity index (χ3v) is 7.56. The summed E-state index contributed by atoms with van der Waals surface area (Å²) in [6, 6.07) is 14.7. The average Bonchev–Trinajstić information content (AvgIpc) is 2.92. The molecule has 0 spiro atoms. The quantitative estimate of drug-likeness (QED) is 0.178. The fraction of sp³-hybridized carbons (Fsp3) is 0.200. The molecular formula is C30H26O11. The van der Waals surface area contributed by atoms with Crippen molar-refractivity contribution in [2.45, 2.75) is 36.4 Å². The van der Waals surface area contributed by atoms with Crippen LogP contribution in [-0.4, -0.2) is 58.2 Å². The predicted octanol–water partition coefficient (Wildman–Crippen LogP) is 3.07. The number of aliphatic hydroxyl groups is 3. The van der Waals surface area contributed by atoms with Gasteiger partial charge in [-0.05, 0) is 35.4 Å². The lowest BCUT2D eigenvalue weighted by Gasteiger charge is -2.41. The highest BCUT2D eigenvalue weighted by Gasteiger charge is 2.47. The normalized spacial score (nSPS) is 25.0. The first-order chi connectivity index (χ1) is 19.5. The minimum Gasteiger partial charge on any atom is -0.508 e. The van der Waals surface area contributed by atoms with Gasteiger partial charge in [-0.15, -0.1) is 0 Å². The number of fused-ring (bicyclic) bond motifs is 2. The predicted molar refractivity (Wildman–Crippen MR) is 141 cm³/mol. The van der Waals surface area contributed by atoms with E-state index >= 15 is 0 Å². The molecule has 0 radical (unpaired) electrons. The molecular weight excluding hydrogens is 536 g/mol. The van der Waals surface area contributed by atoms with E-state index in [4.69, 9.17) is 9.47 Å². The molecule has 6 atom stereocenters. The number of benzene rings is 4. The molecule has 0 saturated carbocycles. The molecule has 4 aromatic rings. The van der Waals surface area contributed by atoms with Crippen LogP contribution in [0.2, 0.25) is 0 Å². The van der Waals surface area contributed by atoms with Crippen LogP contribution < -0.4 is 9.47 Å². The van der Waals surface area contributed by atoms with E-state index in [0.717, 1.165) is 12.1 Å². The molecule has 0 aromatic heterocycles. The Morgan fingerprint density at radius 3 is 1.59 bits per heavy atom. The summed E-state index contributed by atoms with van der Waals surface area (Å²) in [5.41, 5.74) is 0.379. The molecule has 11 nitrogen and oxygen atoms in total.